The molecule has 0 fully saturated rings. The van der Waals surface area contributed by atoms with Gasteiger partial charge in [0.15, 0.2) is 0 Å². The average Bonchev–Trinajstić information content (AvgIpc) is 2.52. The molecule has 0 radical (unpaired) electrons. The van der Waals surface area contributed by atoms with E-state index in [0.29, 0.717) is 6.54 Å². The lowest BCUT2D eigenvalue weighted by molar-refractivity contribution is 0.875. The van der Waals surface area contributed by atoms with Crippen LogP contribution in [-0.4, -0.2) is 31.3 Å². The summed E-state index contributed by atoms with van der Waals surface area (Å²) < 4.78 is 0. The van der Waals surface area contributed by atoms with Crippen LogP contribution in [-0.2, 0) is 0 Å². The number of rotatable bonds is 7. The molecule has 0 bridgehead atoms. The van der Waals surface area contributed by atoms with Gasteiger partial charge in [0.25, 0.3) is 0 Å². The Bertz CT molecular complexity index is 648. The van der Waals surface area contributed by atoms with Gasteiger partial charge in [0.1, 0.15) is 0 Å². The zero-order valence-electron chi connectivity index (χ0n) is 12.2. The zero-order chi connectivity index (χ0) is 15.1. The number of hydrogen-bond acceptors (Lipinski definition) is 5. The lowest BCUT2D eigenvalue weighted by Gasteiger charge is -2.12. The number of fused-ring (bicyclic) bond motifs is 1. The van der Waals surface area contributed by atoms with Crippen LogP contribution in [0, 0.1) is 5.41 Å². The lowest BCUT2D eigenvalue weighted by Crippen LogP contribution is -2.09. The monoisotopic (exact) mass is 283 g/mol. The Labute approximate surface area is 124 Å². The van der Waals surface area contributed by atoms with Crippen LogP contribution in [0.1, 0.15) is 12.1 Å². The van der Waals surface area contributed by atoms with E-state index in [1.165, 1.54) is 6.21 Å². The molecule has 0 aliphatic rings. The Kier molecular flexibility index (Phi) is 5.29. The first-order valence-corrected chi connectivity index (χ1v) is 7.02. The lowest BCUT2D eigenvalue weighted by atomic mass is 10.1. The third kappa shape index (κ3) is 3.58. The van der Waals surface area contributed by atoms with E-state index < -0.39 is 0 Å². The topological polar surface area (TPSA) is 86.8 Å². The summed E-state index contributed by atoms with van der Waals surface area (Å²) in [6.07, 6.45) is 3.99. The van der Waals surface area contributed by atoms with Crippen LogP contribution >= 0.6 is 0 Å². The maximum atomic E-state index is 7.54. The maximum absolute atomic E-state index is 7.54. The van der Waals surface area contributed by atoms with Crippen LogP contribution in [0.4, 0.5) is 5.69 Å². The second-order valence-corrected chi connectivity index (χ2v) is 4.67. The number of hydrogen-bond donors (Lipinski definition) is 4. The molecule has 2 rings (SSSR count). The fourth-order valence-electron chi connectivity index (χ4n) is 2.14. The maximum Gasteiger partial charge on any atom is 0.0760 e. The molecule has 1 aromatic heterocycles. The van der Waals surface area contributed by atoms with E-state index in [-0.39, 0.29) is 0 Å². The van der Waals surface area contributed by atoms with Crippen LogP contribution in [0.2, 0.25) is 0 Å². The van der Waals surface area contributed by atoms with Crippen molar-refractivity contribution in [2.24, 2.45) is 5.73 Å². The zero-order valence-corrected chi connectivity index (χ0v) is 12.2. The number of nitrogens with one attached hydrogen (secondary N) is 3. The van der Waals surface area contributed by atoms with E-state index >= 15 is 0 Å². The number of pyridine rings is 1. The van der Waals surface area contributed by atoms with Gasteiger partial charge in [-0.2, -0.15) is 0 Å². The molecule has 0 amide bonds. The quantitative estimate of drug-likeness (QED) is 0.463. The fourth-order valence-corrected chi connectivity index (χ4v) is 2.14. The number of anilines is 1. The molecule has 0 saturated heterocycles. The summed E-state index contributed by atoms with van der Waals surface area (Å²) in [5.41, 5.74) is 8.99. The molecule has 0 unspecified atom stereocenters. The molecule has 5 nitrogen and oxygen atoms in total. The molecule has 1 heterocycles. The molecule has 0 aliphatic carbocycles. The molecule has 5 heteroatoms. The third-order valence-electron chi connectivity index (χ3n) is 3.16. The highest BCUT2D eigenvalue weighted by molar-refractivity contribution is 6.09. The summed E-state index contributed by atoms with van der Waals surface area (Å²) in [7, 11) is 1.81. The van der Waals surface area contributed by atoms with Crippen molar-refractivity contribution in [2.45, 2.75) is 6.42 Å². The number of nitrogens with two attached hydrogens (primary N) is 1. The van der Waals surface area contributed by atoms with Gasteiger partial charge >= 0.3 is 0 Å². The summed E-state index contributed by atoms with van der Waals surface area (Å²) in [4.78, 5) is 4.63. The van der Waals surface area contributed by atoms with Gasteiger partial charge in [0.05, 0.1) is 11.2 Å². The summed E-state index contributed by atoms with van der Waals surface area (Å²) in [5.74, 6) is 0. The Morgan fingerprint density at radius 2 is 2.19 bits per heavy atom. The minimum absolute atomic E-state index is 0.661. The molecular weight excluding hydrogens is 262 g/mol. The van der Waals surface area contributed by atoms with Crippen molar-refractivity contribution < 1.29 is 0 Å². The van der Waals surface area contributed by atoms with Crippen LogP contribution in [0.5, 0.6) is 0 Å². The van der Waals surface area contributed by atoms with Crippen molar-refractivity contribution in [3.05, 3.63) is 42.2 Å². The molecule has 0 aliphatic heterocycles. The highest BCUT2D eigenvalue weighted by Crippen LogP contribution is 2.25. The number of benzene rings is 1. The number of nitrogens with zero attached hydrogens (tertiary/aromatic N) is 1. The standard InChI is InChI=1S/C16H21N5/c1-19-11-12(10-18)15-9-16(20-8-4-7-17)13-5-2-3-6-14(13)21-15/h2-3,5-6,9-11,18-19H,4,7-8,17H2,1H3,(H,20,21)/b12-11+,18-10?. The first-order valence-electron chi connectivity index (χ1n) is 7.02. The Morgan fingerprint density at radius 1 is 1.38 bits per heavy atom. The Balaban J connectivity index is 2.48. The van der Waals surface area contributed by atoms with E-state index in [4.69, 9.17) is 11.1 Å². The second kappa shape index (κ2) is 7.40. The number of para-hydroxylation sites is 1. The molecule has 0 atom stereocenters. The van der Waals surface area contributed by atoms with Crippen LogP contribution < -0.4 is 16.4 Å². The fraction of sp³-hybridized carbons (Fsp3) is 0.250. The van der Waals surface area contributed by atoms with Gasteiger partial charge in [-0.1, -0.05) is 18.2 Å². The first kappa shape index (κ1) is 15.0. The van der Waals surface area contributed by atoms with E-state index in [1.54, 1.807) is 6.20 Å². The second-order valence-electron chi connectivity index (χ2n) is 4.67. The Hall–Kier alpha value is -2.40. The van der Waals surface area contributed by atoms with E-state index in [2.05, 4.69) is 15.6 Å². The summed E-state index contributed by atoms with van der Waals surface area (Å²) in [6.45, 7) is 1.48. The molecule has 1 aromatic carbocycles. The van der Waals surface area contributed by atoms with E-state index in [0.717, 1.165) is 40.8 Å². The predicted octanol–water partition coefficient (Wildman–Crippen LogP) is 2.21. The predicted molar refractivity (Wildman–Crippen MR) is 89.7 cm³/mol. The number of aromatic nitrogens is 1. The summed E-state index contributed by atoms with van der Waals surface area (Å²) >= 11 is 0. The van der Waals surface area contributed by atoms with Crippen LogP contribution in [0.25, 0.3) is 16.5 Å². The van der Waals surface area contributed by atoms with Gasteiger partial charge in [-0.3, -0.25) is 0 Å². The molecular formula is C16H21N5. The van der Waals surface area contributed by atoms with Gasteiger partial charge in [0.2, 0.25) is 0 Å². The van der Waals surface area contributed by atoms with Crippen molar-refractivity contribution in [3.8, 4) is 0 Å². The van der Waals surface area contributed by atoms with E-state index in [9.17, 15) is 0 Å². The Morgan fingerprint density at radius 3 is 2.90 bits per heavy atom. The van der Waals surface area contributed by atoms with Crippen molar-refractivity contribution in [2.75, 3.05) is 25.5 Å². The normalized spacial score (nSPS) is 11.4. The molecule has 2 aromatic rings. The molecule has 0 saturated carbocycles. The molecule has 0 spiro atoms. The first-order chi connectivity index (χ1) is 10.3. The van der Waals surface area contributed by atoms with Crippen LogP contribution in [0.15, 0.2) is 36.5 Å². The summed E-state index contributed by atoms with van der Waals surface area (Å²) in [5, 5.41) is 15.0. The SMILES string of the molecule is CN/C=C(\C=N)c1cc(NCCCN)c2ccccc2n1. The van der Waals surface area contributed by atoms with Gasteiger partial charge in [-0.25, -0.2) is 4.98 Å². The smallest absolute Gasteiger partial charge is 0.0760 e. The molecule has 21 heavy (non-hydrogen) atoms. The third-order valence-corrected chi connectivity index (χ3v) is 3.16. The highest BCUT2D eigenvalue weighted by Gasteiger charge is 2.07. The average molecular weight is 283 g/mol. The highest BCUT2D eigenvalue weighted by atomic mass is 14.9. The van der Waals surface area contributed by atoms with Gasteiger partial charge in [0, 0.05) is 42.7 Å². The largest absolute Gasteiger partial charge is 0.393 e. The van der Waals surface area contributed by atoms with Crippen molar-refractivity contribution in [1.82, 2.24) is 10.3 Å². The van der Waals surface area contributed by atoms with Gasteiger partial charge in [-0.05, 0) is 25.1 Å². The summed E-state index contributed by atoms with van der Waals surface area (Å²) in [6, 6.07) is 9.97. The van der Waals surface area contributed by atoms with Gasteiger partial charge < -0.3 is 21.8 Å². The van der Waals surface area contributed by atoms with Crippen molar-refractivity contribution in [3.63, 3.8) is 0 Å². The minimum atomic E-state index is 0.661. The van der Waals surface area contributed by atoms with Gasteiger partial charge in [-0.15, -0.1) is 0 Å². The van der Waals surface area contributed by atoms with Crippen molar-refractivity contribution >= 4 is 28.4 Å². The van der Waals surface area contributed by atoms with E-state index in [1.807, 2.05) is 37.4 Å². The van der Waals surface area contributed by atoms with Crippen LogP contribution in [0.3, 0.4) is 0 Å². The number of allylic oxidation sites excluding steroid dienone is 1. The molecule has 5 N–H and O–H groups in total. The molecule has 110 valence electrons. The van der Waals surface area contributed by atoms with Crippen molar-refractivity contribution in [1.29, 1.82) is 5.41 Å². The minimum Gasteiger partial charge on any atom is -0.393 e.